The normalized spacial score (nSPS) is 29.7. The summed E-state index contributed by atoms with van der Waals surface area (Å²) in [4.78, 5) is 23.0. The summed E-state index contributed by atoms with van der Waals surface area (Å²) in [6.07, 6.45) is 3.81. The van der Waals surface area contributed by atoms with Crippen LogP contribution in [0.3, 0.4) is 0 Å². The molecule has 1 saturated heterocycles. The van der Waals surface area contributed by atoms with Gasteiger partial charge in [0.25, 0.3) is 0 Å². The number of hydrogen-bond donors (Lipinski definition) is 3. The molecule has 6 heteroatoms. The van der Waals surface area contributed by atoms with Gasteiger partial charge in [0.2, 0.25) is 0 Å². The van der Waals surface area contributed by atoms with Crippen LogP contribution in [0.25, 0.3) is 0 Å². The molecule has 0 spiro atoms. The highest BCUT2D eigenvalue weighted by Crippen LogP contribution is 2.26. The Labute approximate surface area is 112 Å². The van der Waals surface area contributed by atoms with Crippen molar-refractivity contribution in [3.8, 4) is 0 Å². The van der Waals surface area contributed by atoms with E-state index in [1.807, 2.05) is 6.92 Å². The van der Waals surface area contributed by atoms with E-state index in [9.17, 15) is 9.59 Å². The SMILES string of the molecule is CC1(NC(=O)NC2CCCC2C(=O)O)CCOCC1. The number of carboxylic acids is 1. The second kappa shape index (κ2) is 5.77. The van der Waals surface area contributed by atoms with Gasteiger partial charge in [-0.05, 0) is 32.6 Å². The lowest BCUT2D eigenvalue weighted by Crippen LogP contribution is -2.55. The molecule has 0 aromatic heterocycles. The number of hydrogen-bond acceptors (Lipinski definition) is 3. The second-order valence-electron chi connectivity index (χ2n) is 5.75. The van der Waals surface area contributed by atoms with Gasteiger partial charge in [-0.1, -0.05) is 6.42 Å². The van der Waals surface area contributed by atoms with Crippen molar-refractivity contribution < 1.29 is 19.4 Å². The summed E-state index contributed by atoms with van der Waals surface area (Å²) < 4.78 is 5.28. The molecule has 2 unspecified atom stereocenters. The van der Waals surface area contributed by atoms with Crippen molar-refractivity contribution in [3.63, 3.8) is 0 Å². The van der Waals surface area contributed by atoms with Crippen LogP contribution in [0.5, 0.6) is 0 Å². The summed E-state index contributed by atoms with van der Waals surface area (Å²) in [7, 11) is 0. The van der Waals surface area contributed by atoms with Crippen LogP contribution < -0.4 is 10.6 Å². The van der Waals surface area contributed by atoms with E-state index in [1.165, 1.54) is 0 Å². The molecule has 2 amide bonds. The standard InChI is InChI=1S/C13H22N2O4/c1-13(5-7-19-8-6-13)15-12(18)14-10-4-2-3-9(10)11(16)17/h9-10H,2-8H2,1H3,(H,16,17)(H2,14,15,18). The predicted molar refractivity (Wildman–Crippen MR) is 68.9 cm³/mol. The van der Waals surface area contributed by atoms with Crippen molar-refractivity contribution in [3.05, 3.63) is 0 Å². The molecule has 19 heavy (non-hydrogen) atoms. The minimum Gasteiger partial charge on any atom is -0.481 e. The molecular weight excluding hydrogens is 248 g/mol. The molecule has 1 aliphatic carbocycles. The van der Waals surface area contributed by atoms with Crippen LogP contribution in [0.4, 0.5) is 4.79 Å². The van der Waals surface area contributed by atoms with Crippen LogP contribution in [-0.2, 0) is 9.53 Å². The van der Waals surface area contributed by atoms with E-state index in [0.717, 1.165) is 25.7 Å². The van der Waals surface area contributed by atoms with Gasteiger partial charge in [0.1, 0.15) is 0 Å². The topological polar surface area (TPSA) is 87.7 Å². The molecule has 2 fully saturated rings. The van der Waals surface area contributed by atoms with Crippen LogP contribution >= 0.6 is 0 Å². The van der Waals surface area contributed by atoms with Gasteiger partial charge >= 0.3 is 12.0 Å². The molecule has 1 aliphatic heterocycles. The van der Waals surface area contributed by atoms with Crippen LogP contribution in [0.2, 0.25) is 0 Å². The first-order valence-electron chi connectivity index (χ1n) is 6.89. The zero-order chi connectivity index (χ0) is 13.9. The van der Waals surface area contributed by atoms with Gasteiger partial charge in [0, 0.05) is 24.8 Å². The summed E-state index contributed by atoms with van der Waals surface area (Å²) in [5, 5.41) is 14.9. The lowest BCUT2D eigenvalue weighted by molar-refractivity contribution is -0.142. The monoisotopic (exact) mass is 270 g/mol. The molecule has 2 aliphatic rings. The van der Waals surface area contributed by atoms with E-state index in [0.29, 0.717) is 19.6 Å². The highest BCUT2D eigenvalue weighted by Gasteiger charge is 2.35. The zero-order valence-corrected chi connectivity index (χ0v) is 11.3. The van der Waals surface area contributed by atoms with Crippen molar-refractivity contribution in [1.29, 1.82) is 0 Å². The van der Waals surface area contributed by atoms with E-state index in [-0.39, 0.29) is 17.6 Å². The Morgan fingerprint density at radius 2 is 1.95 bits per heavy atom. The number of carboxylic acid groups (broad SMARTS) is 1. The van der Waals surface area contributed by atoms with Gasteiger partial charge in [-0.2, -0.15) is 0 Å². The number of urea groups is 1. The Balaban J connectivity index is 1.85. The smallest absolute Gasteiger partial charge is 0.315 e. The third-order valence-electron chi connectivity index (χ3n) is 4.16. The van der Waals surface area contributed by atoms with Crippen molar-refractivity contribution in [2.24, 2.45) is 5.92 Å². The Morgan fingerprint density at radius 1 is 1.26 bits per heavy atom. The second-order valence-corrected chi connectivity index (χ2v) is 5.75. The average Bonchev–Trinajstić information content (AvgIpc) is 2.77. The van der Waals surface area contributed by atoms with Gasteiger partial charge in [0.15, 0.2) is 0 Å². The maximum Gasteiger partial charge on any atom is 0.315 e. The molecule has 108 valence electrons. The highest BCUT2D eigenvalue weighted by molar-refractivity contribution is 5.77. The maximum absolute atomic E-state index is 12.0. The predicted octanol–water partition coefficient (Wildman–Crippen LogP) is 1.11. The van der Waals surface area contributed by atoms with Gasteiger partial charge in [-0.3, -0.25) is 4.79 Å². The van der Waals surface area contributed by atoms with Crippen molar-refractivity contribution in [1.82, 2.24) is 10.6 Å². The summed E-state index contributed by atoms with van der Waals surface area (Å²) in [5.41, 5.74) is -0.250. The molecule has 6 nitrogen and oxygen atoms in total. The number of nitrogens with one attached hydrogen (secondary N) is 2. The zero-order valence-electron chi connectivity index (χ0n) is 11.3. The highest BCUT2D eigenvalue weighted by atomic mass is 16.5. The fourth-order valence-corrected chi connectivity index (χ4v) is 2.85. The van der Waals surface area contributed by atoms with E-state index in [2.05, 4.69) is 10.6 Å². The summed E-state index contributed by atoms with van der Waals surface area (Å²) in [5.74, 6) is -1.27. The fraction of sp³-hybridized carbons (Fsp3) is 0.846. The molecule has 2 rings (SSSR count). The van der Waals surface area contributed by atoms with Crippen LogP contribution in [0, 0.1) is 5.92 Å². The lowest BCUT2D eigenvalue weighted by Gasteiger charge is -2.35. The number of carbonyl (C=O) groups is 2. The Hall–Kier alpha value is -1.30. The first-order valence-corrected chi connectivity index (χ1v) is 6.89. The summed E-state index contributed by atoms with van der Waals surface area (Å²) in [6.45, 7) is 3.30. The van der Waals surface area contributed by atoms with E-state index in [4.69, 9.17) is 9.84 Å². The third kappa shape index (κ3) is 3.59. The first kappa shape index (κ1) is 14.1. The van der Waals surface area contributed by atoms with Gasteiger partial charge in [-0.25, -0.2) is 4.79 Å². The van der Waals surface area contributed by atoms with Gasteiger partial charge < -0.3 is 20.5 Å². The van der Waals surface area contributed by atoms with E-state index < -0.39 is 11.9 Å². The average molecular weight is 270 g/mol. The van der Waals surface area contributed by atoms with Crippen molar-refractivity contribution in [2.75, 3.05) is 13.2 Å². The minimum atomic E-state index is -0.819. The summed E-state index contributed by atoms with van der Waals surface area (Å²) in [6, 6.07) is -0.511. The number of rotatable bonds is 3. The molecule has 3 N–H and O–H groups in total. The quantitative estimate of drug-likeness (QED) is 0.717. The van der Waals surface area contributed by atoms with E-state index in [1.54, 1.807) is 0 Å². The molecule has 0 aromatic rings. The van der Waals surface area contributed by atoms with Gasteiger partial charge in [-0.15, -0.1) is 0 Å². The van der Waals surface area contributed by atoms with Crippen LogP contribution in [-0.4, -0.2) is 41.9 Å². The molecule has 1 saturated carbocycles. The molecule has 0 bridgehead atoms. The largest absolute Gasteiger partial charge is 0.481 e. The van der Waals surface area contributed by atoms with Crippen molar-refractivity contribution >= 4 is 12.0 Å². The van der Waals surface area contributed by atoms with Gasteiger partial charge in [0.05, 0.1) is 5.92 Å². The molecule has 0 aromatic carbocycles. The number of carbonyl (C=O) groups excluding carboxylic acids is 1. The summed E-state index contributed by atoms with van der Waals surface area (Å²) >= 11 is 0. The molecule has 1 heterocycles. The number of ether oxygens (including phenoxy) is 1. The fourth-order valence-electron chi connectivity index (χ4n) is 2.85. The Bertz CT molecular complexity index is 353. The molecular formula is C13H22N2O4. The Kier molecular flexibility index (Phi) is 4.29. The number of aliphatic carboxylic acids is 1. The van der Waals surface area contributed by atoms with Crippen LogP contribution in [0.15, 0.2) is 0 Å². The third-order valence-corrected chi connectivity index (χ3v) is 4.16. The number of amides is 2. The lowest BCUT2D eigenvalue weighted by atomic mass is 9.93. The minimum absolute atomic E-state index is 0.249. The maximum atomic E-state index is 12.0. The first-order chi connectivity index (χ1) is 9.00. The molecule has 2 atom stereocenters. The van der Waals surface area contributed by atoms with E-state index >= 15 is 0 Å². The van der Waals surface area contributed by atoms with Crippen molar-refractivity contribution in [2.45, 2.75) is 50.6 Å². The Morgan fingerprint density at radius 3 is 2.58 bits per heavy atom. The molecule has 0 radical (unpaired) electrons. The van der Waals surface area contributed by atoms with Crippen LogP contribution in [0.1, 0.15) is 39.0 Å².